The number of aromatic nitrogens is 2. The van der Waals surface area contributed by atoms with Crippen LogP contribution in [0.2, 0.25) is 0 Å². The summed E-state index contributed by atoms with van der Waals surface area (Å²) < 4.78 is 1.59. The molecule has 0 aliphatic carbocycles. The summed E-state index contributed by atoms with van der Waals surface area (Å²) in [5, 5.41) is 0. The SMILES string of the molecule is Cc1cccn2c(=O)cc(CN(CCN)CCc3ccccc3)nc12. The number of rotatable bonds is 7. The highest BCUT2D eigenvalue weighted by Crippen LogP contribution is 2.08. The Bertz CT molecular complexity index is 889. The van der Waals surface area contributed by atoms with Crippen LogP contribution in [0, 0.1) is 6.92 Å². The van der Waals surface area contributed by atoms with Crippen molar-refractivity contribution >= 4 is 5.65 Å². The normalized spacial score (nSPS) is 11.3. The summed E-state index contributed by atoms with van der Waals surface area (Å²) in [4.78, 5) is 19.3. The van der Waals surface area contributed by atoms with E-state index in [1.165, 1.54) is 5.56 Å². The highest BCUT2D eigenvalue weighted by Gasteiger charge is 2.10. The highest BCUT2D eigenvalue weighted by atomic mass is 16.1. The Balaban J connectivity index is 1.78. The van der Waals surface area contributed by atoms with Crippen LogP contribution in [0.1, 0.15) is 16.8 Å². The first-order valence-corrected chi connectivity index (χ1v) is 8.61. The van der Waals surface area contributed by atoms with Crippen LogP contribution in [0.4, 0.5) is 0 Å². The highest BCUT2D eigenvalue weighted by molar-refractivity contribution is 5.46. The van der Waals surface area contributed by atoms with E-state index in [9.17, 15) is 4.79 Å². The third kappa shape index (κ3) is 4.32. The molecule has 0 saturated carbocycles. The van der Waals surface area contributed by atoms with Crippen LogP contribution in [0.3, 0.4) is 0 Å². The molecule has 2 aromatic heterocycles. The Hall–Kier alpha value is -2.50. The van der Waals surface area contributed by atoms with Gasteiger partial charge in [-0.25, -0.2) is 4.98 Å². The molecule has 0 spiro atoms. The molecule has 1 aromatic carbocycles. The summed E-state index contributed by atoms with van der Waals surface area (Å²) >= 11 is 0. The van der Waals surface area contributed by atoms with Crippen molar-refractivity contribution in [2.45, 2.75) is 19.9 Å². The third-order valence-corrected chi connectivity index (χ3v) is 4.33. The van der Waals surface area contributed by atoms with Crippen molar-refractivity contribution in [3.63, 3.8) is 0 Å². The van der Waals surface area contributed by atoms with Gasteiger partial charge in [0, 0.05) is 38.4 Å². The van der Waals surface area contributed by atoms with Crippen molar-refractivity contribution in [2.75, 3.05) is 19.6 Å². The van der Waals surface area contributed by atoms with Crippen LogP contribution in [0.5, 0.6) is 0 Å². The van der Waals surface area contributed by atoms with Gasteiger partial charge < -0.3 is 5.73 Å². The first-order chi connectivity index (χ1) is 12.2. The molecule has 2 N–H and O–H groups in total. The first kappa shape index (κ1) is 17.3. The Morgan fingerprint density at radius 2 is 1.92 bits per heavy atom. The summed E-state index contributed by atoms with van der Waals surface area (Å²) in [6.07, 6.45) is 2.71. The van der Waals surface area contributed by atoms with E-state index in [0.717, 1.165) is 36.4 Å². The Morgan fingerprint density at radius 1 is 1.12 bits per heavy atom. The van der Waals surface area contributed by atoms with Crippen molar-refractivity contribution < 1.29 is 0 Å². The molecule has 0 saturated heterocycles. The van der Waals surface area contributed by atoms with Gasteiger partial charge >= 0.3 is 0 Å². The van der Waals surface area contributed by atoms with Crippen LogP contribution in [-0.4, -0.2) is 33.9 Å². The second-order valence-corrected chi connectivity index (χ2v) is 6.27. The van der Waals surface area contributed by atoms with Gasteiger partial charge in [0.1, 0.15) is 5.65 Å². The zero-order chi connectivity index (χ0) is 17.6. The maximum absolute atomic E-state index is 12.4. The molecule has 0 fully saturated rings. The molecule has 0 amide bonds. The Kier molecular flexibility index (Phi) is 5.58. The van der Waals surface area contributed by atoms with Crippen molar-refractivity contribution in [1.29, 1.82) is 0 Å². The lowest BCUT2D eigenvalue weighted by Crippen LogP contribution is -2.32. The van der Waals surface area contributed by atoms with E-state index in [0.29, 0.717) is 13.1 Å². The predicted octanol–water partition coefficient (Wildman–Crippen LogP) is 2.01. The van der Waals surface area contributed by atoms with Crippen molar-refractivity contribution in [1.82, 2.24) is 14.3 Å². The second-order valence-electron chi connectivity index (χ2n) is 6.27. The fourth-order valence-electron chi connectivity index (χ4n) is 3.00. The molecule has 130 valence electrons. The molecule has 0 bridgehead atoms. The molecule has 3 rings (SSSR count). The third-order valence-electron chi connectivity index (χ3n) is 4.33. The summed E-state index contributed by atoms with van der Waals surface area (Å²) in [7, 11) is 0. The van der Waals surface area contributed by atoms with Crippen molar-refractivity contribution in [2.24, 2.45) is 5.73 Å². The molecule has 0 aliphatic rings. The number of nitrogens with zero attached hydrogens (tertiary/aromatic N) is 3. The minimum atomic E-state index is -0.0422. The molecule has 0 aliphatic heterocycles. The number of fused-ring (bicyclic) bond motifs is 1. The van der Waals surface area contributed by atoms with Crippen LogP contribution in [-0.2, 0) is 13.0 Å². The van der Waals surface area contributed by atoms with Crippen LogP contribution in [0.25, 0.3) is 5.65 Å². The average Bonchev–Trinajstić information content (AvgIpc) is 2.62. The topological polar surface area (TPSA) is 63.6 Å². The van der Waals surface area contributed by atoms with Gasteiger partial charge in [0.05, 0.1) is 5.69 Å². The minimum absolute atomic E-state index is 0.0422. The molecule has 25 heavy (non-hydrogen) atoms. The maximum atomic E-state index is 12.4. The maximum Gasteiger partial charge on any atom is 0.258 e. The number of aryl methyl sites for hydroxylation is 1. The van der Waals surface area contributed by atoms with E-state index in [4.69, 9.17) is 10.7 Å². The van der Waals surface area contributed by atoms with Gasteiger partial charge in [0.15, 0.2) is 0 Å². The molecule has 5 nitrogen and oxygen atoms in total. The second kappa shape index (κ2) is 8.05. The summed E-state index contributed by atoms with van der Waals surface area (Å²) in [6, 6.07) is 15.8. The van der Waals surface area contributed by atoms with Crippen LogP contribution >= 0.6 is 0 Å². The largest absolute Gasteiger partial charge is 0.329 e. The molecule has 3 aromatic rings. The molecule has 0 unspecified atom stereocenters. The number of hydrogen-bond donors (Lipinski definition) is 1. The van der Waals surface area contributed by atoms with E-state index >= 15 is 0 Å². The zero-order valence-electron chi connectivity index (χ0n) is 14.6. The lowest BCUT2D eigenvalue weighted by molar-refractivity contribution is 0.273. The monoisotopic (exact) mass is 336 g/mol. The predicted molar refractivity (Wildman–Crippen MR) is 101 cm³/mol. The lowest BCUT2D eigenvalue weighted by atomic mass is 10.1. The Morgan fingerprint density at radius 3 is 2.68 bits per heavy atom. The minimum Gasteiger partial charge on any atom is -0.329 e. The van der Waals surface area contributed by atoms with Crippen LogP contribution in [0.15, 0.2) is 59.5 Å². The quantitative estimate of drug-likeness (QED) is 0.717. The van der Waals surface area contributed by atoms with Gasteiger partial charge in [-0.2, -0.15) is 0 Å². The van der Waals surface area contributed by atoms with Crippen molar-refractivity contribution in [3.05, 3.63) is 81.9 Å². The van der Waals surface area contributed by atoms with Gasteiger partial charge in [-0.05, 0) is 30.5 Å². The van der Waals surface area contributed by atoms with E-state index < -0.39 is 0 Å². The van der Waals surface area contributed by atoms with Gasteiger partial charge in [-0.3, -0.25) is 14.1 Å². The molecular formula is C20H24N4O. The van der Waals surface area contributed by atoms with E-state index in [-0.39, 0.29) is 5.56 Å². The average molecular weight is 336 g/mol. The number of nitrogens with two attached hydrogens (primary N) is 1. The molecule has 5 heteroatoms. The zero-order valence-corrected chi connectivity index (χ0v) is 14.6. The van der Waals surface area contributed by atoms with E-state index in [2.05, 4.69) is 29.2 Å². The van der Waals surface area contributed by atoms with E-state index in [1.54, 1.807) is 16.7 Å². The van der Waals surface area contributed by atoms with Gasteiger partial charge in [0.2, 0.25) is 0 Å². The van der Waals surface area contributed by atoms with Gasteiger partial charge in [-0.15, -0.1) is 0 Å². The number of pyridine rings is 1. The summed E-state index contributed by atoms with van der Waals surface area (Å²) in [5.74, 6) is 0. The molecule has 2 heterocycles. The number of hydrogen-bond acceptors (Lipinski definition) is 4. The molecule has 0 atom stereocenters. The standard InChI is InChI=1S/C20H24N4O/c1-16-6-5-11-24-19(25)14-18(22-20(16)24)15-23(13-10-21)12-9-17-7-3-2-4-8-17/h2-8,11,14H,9-10,12-13,15,21H2,1H3. The van der Waals surface area contributed by atoms with Gasteiger partial charge in [0.25, 0.3) is 5.56 Å². The smallest absolute Gasteiger partial charge is 0.258 e. The van der Waals surface area contributed by atoms with Crippen LogP contribution < -0.4 is 11.3 Å². The molecular weight excluding hydrogens is 312 g/mol. The molecule has 0 radical (unpaired) electrons. The summed E-state index contributed by atoms with van der Waals surface area (Å²) in [6.45, 7) is 4.85. The summed E-state index contributed by atoms with van der Waals surface area (Å²) in [5.41, 5.74) is 9.54. The van der Waals surface area contributed by atoms with Gasteiger partial charge in [-0.1, -0.05) is 36.4 Å². The first-order valence-electron chi connectivity index (χ1n) is 8.61. The van der Waals surface area contributed by atoms with E-state index in [1.807, 2.05) is 25.1 Å². The number of benzene rings is 1. The Labute approximate surface area is 147 Å². The fourth-order valence-corrected chi connectivity index (χ4v) is 3.00. The van der Waals surface area contributed by atoms with Crippen molar-refractivity contribution in [3.8, 4) is 0 Å². The fraction of sp³-hybridized carbons (Fsp3) is 0.300. The lowest BCUT2D eigenvalue weighted by Gasteiger charge is -2.21.